The Morgan fingerprint density at radius 3 is 2.81 bits per heavy atom. The molecule has 1 rings (SSSR count). The van der Waals surface area contributed by atoms with Crippen LogP contribution in [-0.4, -0.2) is 25.8 Å². The van der Waals surface area contributed by atoms with Gasteiger partial charge in [-0.15, -0.1) is 0 Å². The highest BCUT2D eigenvalue weighted by molar-refractivity contribution is 8.24. The Hall–Kier alpha value is -0.360. The van der Waals surface area contributed by atoms with Crippen molar-refractivity contribution in [2.75, 3.05) is 11.9 Å². The lowest BCUT2D eigenvalue weighted by atomic mass is 10.2. The molecule has 16 heavy (non-hydrogen) atoms. The molecular formula is C10H13ClN2OS2. The molecular weight excluding hydrogens is 264 g/mol. The minimum atomic E-state index is -0.295. The van der Waals surface area contributed by atoms with E-state index in [0.717, 1.165) is 0 Å². The predicted octanol–water partition coefficient (Wildman–Crippen LogP) is 2.94. The highest BCUT2D eigenvalue weighted by Crippen LogP contribution is 2.25. The van der Waals surface area contributed by atoms with Crippen molar-refractivity contribution in [1.82, 2.24) is 4.98 Å². The highest BCUT2D eigenvalue weighted by atomic mass is 35.5. The van der Waals surface area contributed by atoms with Crippen LogP contribution in [0.25, 0.3) is 0 Å². The number of nitrogens with zero attached hydrogens (tertiary/aromatic N) is 1. The first kappa shape index (κ1) is 13.7. The Kier molecular flexibility index (Phi) is 4.98. The van der Waals surface area contributed by atoms with Crippen molar-refractivity contribution < 1.29 is 5.11 Å². The topological polar surface area (TPSA) is 45.1 Å². The van der Waals surface area contributed by atoms with Gasteiger partial charge < -0.3 is 10.4 Å². The van der Waals surface area contributed by atoms with E-state index in [4.69, 9.17) is 28.9 Å². The maximum absolute atomic E-state index is 9.10. The van der Waals surface area contributed by atoms with E-state index < -0.39 is 0 Å². The van der Waals surface area contributed by atoms with E-state index in [-0.39, 0.29) is 11.4 Å². The molecule has 0 amide bonds. The van der Waals surface area contributed by atoms with Gasteiger partial charge in [-0.3, -0.25) is 0 Å². The number of anilines is 1. The standard InChI is InChI=1S/C10H13ClN2OS2/c1-10(2,6-14)16-9(15)13-8-4-3-7(11)5-12-8/h3-5,14H,6H2,1-2H3,(H,12,13,15). The molecule has 0 saturated carbocycles. The molecule has 0 radical (unpaired) electrons. The minimum absolute atomic E-state index is 0.0630. The van der Waals surface area contributed by atoms with Crippen LogP contribution in [0, 0.1) is 0 Å². The summed E-state index contributed by atoms with van der Waals surface area (Å²) in [7, 11) is 0. The number of aliphatic hydroxyl groups is 1. The van der Waals surface area contributed by atoms with Crippen LogP contribution < -0.4 is 5.32 Å². The third-order valence-corrected chi connectivity index (χ3v) is 3.25. The molecule has 6 heteroatoms. The zero-order valence-corrected chi connectivity index (χ0v) is 11.4. The summed E-state index contributed by atoms with van der Waals surface area (Å²) in [6.07, 6.45) is 1.55. The quantitative estimate of drug-likeness (QED) is 0.831. The van der Waals surface area contributed by atoms with Crippen molar-refractivity contribution in [3.05, 3.63) is 23.4 Å². The van der Waals surface area contributed by atoms with Gasteiger partial charge in [-0.1, -0.05) is 35.6 Å². The largest absolute Gasteiger partial charge is 0.395 e. The second kappa shape index (κ2) is 5.82. The molecule has 0 aliphatic heterocycles. The van der Waals surface area contributed by atoms with E-state index in [2.05, 4.69) is 10.3 Å². The van der Waals surface area contributed by atoms with Crippen LogP contribution in [0.2, 0.25) is 5.02 Å². The number of hydrogen-bond donors (Lipinski definition) is 2. The Balaban J connectivity index is 2.55. The van der Waals surface area contributed by atoms with E-state index in [1.165, 1.54) is 11.8 Å². The number of rotatable bonds is 3. The molecule has 2 N–H and O–H groups in total. The molecule has 0 spiro atoms. The van der Waals surface area contributed by atoms with Gasteiger partial charge in [0.1, 0.15) is 10.1 Å². The monoisotopic (exact) mass is 276 g/mol. The average Bonchev–Trinajstić information content (AvgIpc) is 2.21. The molecule has 0 atom stereocenters. The molecule has 0 unspecified atom stereocenters. The van der Waals surface area contributed by atoms with Crippen LogP contribution in [0.4, 0.5) is 5.82 Å². The molecule has 0 aromatic carbocycles. The number of halogens is 1. The molecule has 88 valence electrons. The SMILES string of the molecule is CC(C)(CO)SC(=S)Nc1ccc(Cl)cn1. The number of hydrogen-bond acceptors (Lipinski definition) is 4. The second-order valence-corrected chi connectivity index (χ2v) is 6.61. The van der Waals surface area contributed by atoms with Gasteiger partial charge in [-0.2, -0.15) is 0 Å². The molecule has 0 bridgehead atoms. The number of aliphatic hydroxyl groups excluding tert-OH is 1. The van der Waals surface area contributed by atoms with Gasteiger partial charge in [0.15, 0.2) is 0 Å². The van der Waals surface area contributed by atoms with Gasteiger partial charge in [0.25, 0.3) is 0 Å². The summed E-state index contributed by atoms with van der Waals surface area (Å²) < 4.78 is 0.283. The van der Waals surface area contributed by atoms with Crippen LogP contribution in [0.15, 0.2) is 18.3 Å². The molecule has 0 saturated heterocycles. The Labute approximate surface area is 110 Å². The fourth-order valence-electron chi connectivity index (χ4n) is 0.863. The minimum Gasteiger partial charge on any atom is -0.395 e. The van der Waals surface area contributed by atoms with Crippen LogP contribution in [0.1, 0.15) is 13.8 Å². The lowest BCUT2D eigenvalue weighted by Crippen LogP contribution is -2.24. The summed E-state index contributed by atoms with van der Waals surface area (Å²) >= 11 is 12.3. The van der Waals surface area contributed by atoms with E-state index in [0.29, 0.717) is 15.2 Å². The van der Waals surface area contributed by atoms with E-state index in [1.807, 2.05) is 13.8 Å². The van der Waals surface area contributed by atoms with Crippen molar-refractivity contribution in [2.24, 2.45) is 0 Å². The zero-order valence-electron chi connectivity index (χ0n) is 9.03. The van der Waals surface area contributed by atoms with Crippen LogP contribution in [0.3, 0.4) is 0 Å². The summed E-state index contributed by atoms with van der Waals surface area (Å²) in [4.78, 5) is 4.07. The Bertz CT molecular complexity index is 368. The smallest absolute Gasteiger partial charge is 0.139 e. The lowest BCUT2D eigenvalue weighted by Gasteiger charge is -2.21. The van der Waals surface area contributed by atoms with Crippen LogP contribution in [-0.2, 0) is 0 Å². The summed E-state index contributed by atoms with van der Waals surface area (Å²) in [6, 6.07) is 3.49. The van der Waals surface area contributed by atoms with Crippen molar-refractivity contribution in [2.45, 2.75) is 18.6 Å². The third-order valence-electron chi connectivity index (χ3n) is 1.71. The Morgan fingerprint density at radius 2 is 2.31 bits per heavy atom. The molecule has 0 aliphatic carbocycles. The van der Waals surface area contributed by atoms with E-state index in [1.54, 1.807) is 18.3 Å². The maximum Gasteiger partial charge on any atom is 0.139 e. The van der Waals surface area contributed by atoms with Crippen LogP contribution in [0.5, 0.6) is 0 Å². The molecule has 0 fully saturated rings. The van der Waals surface area contributed by atoms with Gasteiger partial charge >= 0.3 is 0 Å². The van der Waals surface area contributed by atoms with Gasteiger partial charge in [0, 0.05) is 10.9 Å². The second-order valence-electron chi connectivity index (χ2n) is 3.79. The van der Waals surface area contributed by atoms with Gasteiger partial charge in [-0.05, 0) is 26.0 Å². The fraction of sp³-hybridized carbons (Fsp3) is 0.400. The molecule has 1 aromatic rings. The number of nitrogens with one attached hydrogen (secondary N) is 1. The van der Waals surface area contributed by atoms with Gasteiger partial charge in [0.05, 0.1) is 11.6 Å². The Morgan fingerprint density at radius 1 is 1.62 bits per heavy atom. The first-order valence-electron chi connectivity index (χ1n) is 4.65. The number of thioether (sulfide) groups is 1. The van der Waals surface area contributed by atoms with Crippen molar-refractivity contribution >= 4 is 45.7 Å². The van der Waals surface area contributed by atoms with Crippen molar-refractivity contribution in [1.29, 1.82) is 0 Å². The fourth-order valence-corrected chi connectivity index (χ4v) is 2.48. The number of aromatic nitrogens is 1. The summed E-state index contributed by atoms with van der Waals surface area (Å²) in [5, 5.41) is 12.7. The average molecular weight is 277 g/mol. The lowest BCUT2D eigenvalue weighted by molar-refractivity contribution is 0.265. The number of pyridine rings is 1. The van der Waals surface area contributed by atoms with Gasteiger partial charge in [0.2, 0.25) is 0 Å². The molecule has 1 heterocycles. The van der Waals surface area contributed by atoms with Crippen LogP contribution >= 0.6 is 35.6 Å². The normalized spacial score (nSPS) is 11.2. The first-order valence-corrected chi connectivity index (χ1v) is 6.26. The summed E-state index contributed by atoms with van der Waals surface area (Å²) in [5.41, 5.74) is 0. The third kappa shape index (κ3) is 4.65. The van der Waals surface area contributed by atoms with E-state index >= 15 is 0 Å². The summed E-state index contributed by atoms with van der Waals surface area (Å²) in [6.45, 7) is 3.90. The number of thiocarbonyl (C=S) groups is 1. The predicted molar refractivity (Wildman–Crippen MR) is 74.2 cm³/mol. The van der Waals surface area contributed by atoms with E-state index in [9.17, 15) is 0 Å². The summed E-state index contributed by atoms with van der Waals surface area (Å²) in [5.74, 6) is 0.649. The van der Waals surface area contributed by atoms with Gasteiger partial charge in [-0.25, -0.2) is 4.98 Å². The molecule has 3 nitrogen and oxygen atoms in total. The zero-order chi connectivity index (χ0) is 12.2. The molecule has 1 aromatic heterocycles. The first-order chi connectivity index (χ1) is 7.43. The maximum atomic E-state index is 9.10. The highest BCUT2D eigenvalue weighted by Gasteiger charge is 2.19. The molecule has 0 aliphatic rings. The van der Waals surface area contributed by atoms with Crippen molar-refractivity contribution in [3.8, 4) is 0 Å². The van der Waals surface area contributed by atoms with Crippen molar-refractivity contribution in [3.63, 3.8) is 0 Å².